The first-order chi connectivity index (χ1) is 7.68. The molecule has 0 aliphatic rings. The third-order valence-electron chi connectivity index (χ3n) is 2.09. The smallest absolute Gasteiger partial charge is 0.178 e. The van der Waals surface area contributed by atoms with Crippen molar-refractivity contribution in [2.75, 3.05) is 0 Å². The fraction of sp³-hybridized carbons (Fsp3) is 0.0909. The molecule has 0 radical (unpaired) electrons. The van der Waals surface area contributed by atoms with Crippen LogP contribution in [0.2, 0.25) is 0 Å². The molecular formula is C11H7F2NOS. The topological polar surface area (TPSA) is 30.0 Å². The lowest BCUT2D eigenvalue weighted by molar-refractivity contribution is 0.0995. The van der Waals surface area contributed by atoms with Gasteiger partial charge in [-0.15, -0.1) is 11.3 Å². The Kier molecular flexibility index (Phi) is 3.05. The third kappa shape index (κ3) is 2.14. The van der Waals surface area contributed by atoms with Gasteiger partial charge in [-0.2, -0.15) is 0 Å². The van der Waals surface area contributed by atoms with Crippen molar-refractivity contribution < 1.29 is 13.6 Å². The van der Waals surface area contributed by atoms with Crippen LogP contribution in [0.25, 0.3) is 0 Å². The number of halogens is 2. The van der Waals surface area contributed by atoms with Crippen molar-refractivity contribution in [3.63, 3.8) is 0 Å². The Labute approximate surface area is 94.6 Å². The van der Waals surface area contributed by atoms with Gasteiger partial charge in [-0.1, -0.05) is 12.1 Å². The zero-order valence-electron chi connectivity index (χ0n) is 8.11. The Balaban J connectivity index is 2.22. The van der Waals surface area contributed by atoms with Gasteiger partial charge >= 0.3 is 0 Å². The molecule has 0 saturated carbocycles. The molecule has 2 nitrogen and oxygen atoms in total. The van der Waals surface area contributed by atoms with Crippen LogP contribution >= 0.6 is 11.3 Å². The zero-order chi connectivity index (χ0) is 11.5. The molecule has 0 N–H and O–H groups in total. The van der Waals surface area contributed by atoms with Crippen molar-refractivity contribution in [3.05, 3.63) is 52.0 Å². The maximum atomic E-state index is 13.3. The van der Waals surface area contributed by atoms with E-state index in [-0.39, 0.29) is 17.8 Å². The maximum Gasteiger partial charge on any atom is 0.178 e. The summed E-state index contributed by atoms with van der Waals surface area (Å²) in [5.74, 6) is -2.15. The lowest BCUT2D eigenvalue weighted by Crippen LogP contribution is -2.04. The average molecular weight is 239 g/mol. The number of benzene rings is 1. The van der Waals surface area contributed by atoms with Crippen LogP contribution < -0.4 is 0 Å². The van der Waals surface area contributed by atoms with Crippen LogP contribution in [-0.2, 0) is 6.42 Å². The Hall–Kier alpha value is -1.62. The summed E-state index contributed by atoms with van der Waals surface area (Å²) in [5, 5.41) is 0. The first-order valence-corrected chi connectivity index (χ1v) is 5.41. The van der Waals surface area contributed by atoms with Gasteiger partial charge < -0.3 is 0 Å². The predicted molar refractivity (Wildman–Crippen MR) is 56.5 cm³/mol. The molecular weight excluding hydrogens is 232 g/mol. The first kappa shape index (κ1) is 10.9. The van der Waals surface area contributed by atoms with Gasteiger partial charge in [0.2, 0.25) is 0 Å². The molecule has 0 unspecified atom stereocenters. The molecule has 0 amide bonds. The fourth-order valence-electron chi connectivity index (χ4n) is 1.30. The Morgan fingerprint density at radius 2 is 2.19 bits per heavy atom. The number of thiazole rings is 1. The molecule has 1 aromatic carbocycles. The number of aromatic nitrogens is 1. The van der Waals surface area contributed by atoms with E-state index in [0.717, 1.165) is 6.07 Å². The second-order valence-electron chi connectivity index (χ2n) is 3.18. The number of Topliss-reactive ketones (excluding diaryl/α,β-unsaturated/α-hetero) is 1. The van der Waals surface area contributed by atoms with Crippen LogP contribution in [0, 0.1) is 11.6 Å². The molecule has 0 spiro atoms. The summed E-state index contributed by atoms with van der Waals surface area (Å²) in [6.07, 6.45) is 1.27. The molecule has 2 rings (SSSR count). The van der Waals surface area contributed by atoms with E-state index in [1.807, 2.05) is 0 Å². The van der Waals surface area contributed by atoms with Gasteiger partial charge in [0.15, 0.2) is 17.4 Å². The number of carbonyl (C=O) groups excluding carboxylic acids is 1. The Morgan fingerprint density at radius 3 is 2.88 bits per heavy atom. The standard InChI is InChI=1S/C11H7F2NOS/c12-8-3-1-2-7(11(8)13)4-9(15)10-5-14-6-16-10/h1-3,5-6H,4H2. The van der Waals surface area contributed by atoms with Gasteiger partial charge in [-0.3, -0.25) is 9.78 Å². The number of ketones is 1. The van der Waals surface area contributed by atoms with Crippen LogP contribution in [0.3, 0.4) is 0 Å². The van der Waals surface area contributed by atoms with Crippen molar-refractivity contribution in [2.24, 2.45) is 0 Å². The van der Waals surface area contributed by atoms with E-state index in [2.05, 4.69) is 4.98 Å². The molecule has 0 aliphatic carbocycles. The van der Waals surface area contributed by atoms with E-state index in [1.54, 1.807) is 0 Å². The highest BCUT2D eigenvalue weighted by molar-refractivity contribution is 7.11. The van der Waals surface area contributed by atoms with Gasteiger partial charge in [0, 0.05) is 12.6 Å². The number of carbonyl (C=O) groups is 1. The number of hydrogen-bond acceptors (Lipinski definition) is 3. The largest absolute Gasteiger partial charge is 0.293 e. The maximum absolute atomic E-state index is 13.3. The summed E-state index contributed by atoms with van der Waals surface area (Å²) in [7, 11) is 0. The monoisotopic (exact) mass is 239 g/mol. The molecule has 1 aromatic heterocycles. The van der Waals surface area contributed by atoms with Gasteiger partial charge in [0.25, 0.3) is 0 Å². The summed E-state index contributed by atoms with van der Waals surface area (Å²) in [6.45, 7) is 0. The van der Waals surface area contributed by atoms with Gasteiger partial charge in [0.1, 0.15) is 0 Å². The first-order valence-electron chi connectivity index (χ1n) is 4.53. The van der Waals surface area contributed by atoms with Crippen LogP contribution in [0.4, 0.5) is 8.78 Å². The van der Waals surface area contributed by atoms with Crippen LogP contribution in [0.5, 0.6) is 0 Å². The van der Waals surface area contributed by atoms with Crippen molar-refractivity contribution in [1.82, 2.24) is 4.98 Å². The average Bonchev–Trinajstić information content (AvgIpc) is 2.78. The van der Waals surface area contributed by atoms with Crippen LogP contribution in [-0.4, -0.2) is 10.8 Å². The summed E-state index contributed by atoms with van der Waals surface area (Å²) in [5.41, 5.74) is 1.59. The van der Waals surface area contributed by atoms with E-state index < -0.39 is 11.6 Å². The lowest BCUT2D eigenvalue weighted by atomic mass is 10.1. The number of rotatable bonds is 3. The van der Waals surface area contributed by atoms with E-state index in [4.69, 9.17) is 0 Å². The van der Waals surface area contributed by atoms with Crippen molar-refractivity contribution in [1.29, 1.82) is 0 Å². The van der Waals surface area contributed by atoms with Crippen LogP contribution in [0.1, 0.15) is 15.2 Å². The molecule has 0 aliphatic heterocycles. The van der Waals surface area contributed by atoms with Crippen molar-refractivity contribution in [3.8, 4) is 0 Å². The highest BCUT2D eigenvalue weighted by atomic mass is 32.1. The summed E-state index contributed by atoms with van der Waals surface area (Å²) < 4.78 is 26.1. The second-order valence-corrected chi connectivity index (χ2v) is 4.06. The minimum absolute atomic E-state index is 0.0680. The molecule has 0 fully saturated rings. The molecule has 0 saturated heterocycles. The molecule has 0 bridgehead atoms. The summed E-state index contributed by atoms with van der Waals surface area (Å²) in [4.78, 5) is 15.8. The van der Waals surface area contributed by atoms with E-state index in [0.29, 0.717) is 4.88 Å². The minimum Gasteiger partial charge on any atom is -0.293 e. The molecule has 0 atom stereocenters. The molecule has 5 heteroatoms. The van der Waals surface area contributed by atoms with E-state index in [1.165, 1.54) is 35.2 Å². The van der Waals surface area contributed by atoms with Crippen LogP contribution in [0.15, 0.2) is 29.9 Å². The predicted octanol–water partition coefficient (Wildman–Crippen LogP) is 2.85. The summed E-state index contributed by atoms with van der Waals surface area (Å²) in [6, 6.07) is 3.81. The summed E-state index contributed by atoms with van der Waals surface area (Å²) >= 11 is 1.18. The molecule has 2 aromatic rings. The SMILES string of the molecule is O=C(Cc1cccc(F)c1F)c1cncs1. The van der Waals surface area contributed by atoms with Gasteiger partial charge in [-0.05, 0) is 11.6 Å². The normalized spacial score (nSPS) is 10.4. The molecule has 16 heavy (non-hydrogen) atoms. The molecule has 1 heterocycles. The number of hydrogen-bond donors (Lipinski definition) is 0. The van der Waals surface area contributed by atoms with Crippen molar-refractivity contribution >= 4 is 17.1 Å². The van der Waals surface area contributed by atoms with Crippen molar-refractivity contribution in [2.45, 2.75) is 6.42 Å². The van der Waals surface area contributed by atoms with E-state index >= 15 is 0 Å². The second kappa shape index (κ2) is 4.49. The zero-order valence-corrected chi connectivity index (χ0v) is 8.93. The fourth-order valence-corrected chi connectivity index (χ4v) is 1.86. The van der Waals surface area contributed by atoms with E-state index in [9.17, 15) is 13.6 Å². The number of nitrogens with zero attached hydrogens (tertiary/aromatic N) is 1. The Bertz CT molecular complexity index is 511. The quantitative estimate of drug-likeness (QED) is 0.771. The highest BCUT2D eigenvalue weighted by Gasteiger charge is 2.13. The highest BCUT2D eigenvalue weighted by Crippen LogP contribution is 2.15. The molecule has 82 valence electrons. The Morgan fingerprint density at radius 1 is 1.38 bits per heavy atom. The lowest BCUT2D eigenvalue weighted by Gasteiger charge is -2.01. The minimum atomic E-state index is -0.958. The third-order valence-corrected chi connectivity index (χ3v) is 2.90. The van der Waals surface area contributed by atoms with Gasteiger partial charge in [-0.25, -0.2) is 8.78 Å². The van der Waals surface area contributed by atoms with Gasteiger partial charge in [0.05, 0.1) is 10.4 Å².